The van der Waals surface area contributed by atoms with Crippen LogP contribution in [0.25, 0.3) is 16.9 Å². The highest BCUT2D eigenvalue weighted by Crippen LogP contribution is 2.34. The number of Topliss-reactive ketones (excluding diaryl/α,β-unsaturated/α-hetero) is 1. The van der Waals surface area contributed by atoms with Gasteiger partial charge in [-0.25, -0.2) is 9.50 Å². The molecule has 3 heterocycles. The van der Waals surface area contributed by atoms with Crippen LogP contribution in [0.4, 0.5) is 0 Å². The molecular weight excluding hydrogens is 480 g/mol. The second kappa shape index (κ2) is 10.9. The van der Waals surface area contributed by atoms with E-state index in [1.807, 2.05) is 31.3 Å². The summed E-state index contributed by atoms with van der Waals surface area (Å²) in [6, 6.07) is 7.46. The van der Waals surface area contributed by atoms with E-state index in [4.69, 9.17) is 21.4 Å². The number of rotatable bonds is 10. The number of benzene rings is 1. The molecule has 9 nitrogen and oxygen atoms in total. The van der Waals surface area contributed by atoms with Gasteiger partial charge in [0.2, 0.25) is 5.91 Å². The minimum absolute atomic E-state index is 0.0317. The lowest BCUT2D eigenvalue weighted by atomic mass is 9.89. The topological polar surface area (TPSA) is 94.6 Å². The predicted octanol–water partition coefficient (Wildman–Crippen LogP) is 3.88. The van der Waals surface area contributed by atoms with Crippen molar-refractivity contribution < 1.29 is 14.3 Å². The molecule has 0 fully saturated rings. The lowest BCUT2D eigenvalue weighted by Gasteiger charge is -2.14. The fourth-order valence-electron chi connectivity index (χ4n) is 4.13. The molecule has 0 saturated carbocycles. The van der Waals surface area contributed by atoms with E-state index in [9.17, 15) is 9.59 Å². The SMILES string of the molecule is CCC(Cc1cn(CC(=O)N(C)C)nc1-c1cc(CCl)ccc1OC)C(=O)c1cnn2cccnc12. The highest BCUT2D eigenvalue weighted by molar-refractivity contribution is 6.17. The van der Waals surface area contributed by atoms with Crippen molar-refractivity contribution in [1.29, 1.82) is 0 Å². The number of hydrogen-bond acceptors (Lipinski definition) is 6. The van der Waals surface area contributed by atoms with Gasteiger partial charge >= 0.3 is 0 Å². The Morgan fingerprint density at radius 1 is 1.25 bits per heavy atom. The number of methoxy groups -OCH3 is 1. The maximum Gasteiger partial charge on any atom is 0.243 e. The van der Waals surface area contributed by atoms with Gasteiger partial charge in [-0.05, 0) is 42.2 Å². The molecule has 0 N–H and O–H groups in total. The molecule has 0 aliphatic carbocycles. The van der Waals surface area contributed by atoms with Crippen molar-refractivity contribution in [3.8, 4) is 17.0 Å². The zero-order valence-electron chi connectivity index (χ0n) is 20.8. The highest BCUT2D eigenvalue weighted by atomic mass is 35.5. The summed E-state index contributed by atoms with van der Waals surface area (Å²) in [5, 5.41) is 9.02. The van der Waals surface area contributed by atoms with E-state index in [0.717, 1.165) is 16.7 Å². The molecule has 1 unspecified atom stereocenters. The van der Waals surface area contributed by atoms with Gasteiger partial charge in [-0.2, -0.15) is 10.2 Å². The molecule has 3 aromatic heterocycles. The van der Waals surface area contributed by atoms with Crippen LogP contribution < -0.4 is 4.74 Å². The van der Waals surface area contributed by atoms with Crippen molar-refractivity contribution in [2.24, 2.45) is 5.92 Å². The Balaban J connectivity index is 1.75. The molecule has 0 saturated heterocycles. The third kappa shape index (κ3) is 5.11. The molecule has 188 valence electrons. The number of halogens is 1. The normalized spacial score (nSPS) is 12.0. The van der Waals surface area contributed by atoms with Crippen LogP contribution in [0.1, 0.15) is 34.8 Å². The lowest BCUT2D eigenvalue weighted by Crippen LogP contribution is -2.26. The van der Waals surface area contributed by atoms with Crippen LogP contribution in [0, 0.1) is 5.92 Å². The molecule has 0 aliphatic heterocycles. The maximum absolute atomic E-state index is 13.6. The van der Waals surface area contributed by atoms with E-state index in [1.165, 1.54) is 4.90 Å². The fraction of sp³-hybridized carbons (Fsp3) is 0.346. The monoisotopic (exact) mass is 508 g/mol. The van der Waals surface area contributed by atoms with Gasteiger partial charge in [0.15, 0.2) is 11.4 Å². The van der Waals surface area contributed by atoms with Crippen molar-refractivity contribution in [3.05, 3.63) is 65.7 Å². The molecule has 0 radical (unpaired) electrons. The first-order chi connectivity index (χ1) is 17.4. The molecule has 0 bridgehead atoms. The molecule has 4 rings (SSSR count). The first-order valence-electron chi connectivity index (χ1n) is 11.7. The molecule has 0 aliphatic rings. The summed E-state index contributed by atoms with van der Waals surface area (Å²) < 4.78 is 8.83. The van der Waals surface area contributed by atoms with Crippen molar-refractivity contribution >= 4 is 28.9 Å². The van der Waals surface area contributed by atoms with Crippen LogP contribution in [0.15, 0.2) is 49.1 Å². The second-order valence-electron chi connectivity index (χ2n) is 8.78. The summed E-state index contributed by atoms with van der Waals surface area (Å²) in [4.78, 5) is 31.8. The van der Waals surface area contributed by atoms with E-state index in [-0.39, 0.29) is 24.2 Å². The first-order valence-corrected chi connectivity index (χ1v) is 12.2. The Bertz CT molecular complexity index is 1390. The van der Waals surface area contributed by atoms with Crippen molar-refractivity contribution in [2.45, 2.75) is 32.2 Å². The number of ether oxygens (including phenoxy) is 1. The second-order valence-corrected chi connectivity index (χ2v) is 9.04. The van der Waals surface area contributed by atoms with Gasteiger partial charge in [0.05, 0.1) is 24.6 Å². The van der Waals surface area contributed by atoms with Crippen LogP contribution in [0.5, 0.6) is 5.75 Å². The number of ketones is 1. The van der Waals surface area contributed by atoms with Gasteiger partial charge < -0.3 is 9.64 Å². The molecule has 1 atom stereocenters. The van der Waals surface area contributed by atoms with Gasteiger partial charge in [-0.15, -0.1) is 11.6 Å². The Kier molecular flexibility index (Phi) is 7.69. The Morgan fingerprint density at radius 2 is 2.06 bits per heavy atom. The number of hydrogen-bond donors (Lipinski definition) is 0. The summed E-state index contributed by atoms with van der Waals surface area (Å²) in [7, 11) is 5.01. The van der Waals surface area contributed by atoms with Crippen LogP contribution in [-0.2, 0) is 23.6 Å². The van der Waals surface area contributed by atoms with Gasteiger partial charge in [0, 0.05) is 50.0 Å². The molecule has 10 heteroatoms. The average Bonchev–Trinajstić information content (AvgIpc) is 3.50. The van der Waals surface area contributed by atoms with E-state index in [1.54, 1.807) is 55.1 Å². The van der Waals surface area contributed by atoms with E-state index in [0.29, 0.717) is 41.4 Å². The first kappa shape index (κ1) is 25.4. The number of amides is 1. The van der Waals surface area contributed by atoms with Crippen LogP contribution >= 0.6 is 11.6 Å². The Morgan fingerprint density at radius 3 is 2.75 bits per heavy atom. The van der Waals surface area contributed by atoms with Crippen molar-refractivity contribution in [2.75, 3.05) is 21.2 Å². The summed E-state index contributed by atoms with van der Waals surface area (Å²) in [6.07, 6.45) is 7.87. The number of likely N-dealkylation sites (N-methyl/N-ethyl adjacent to an activating group) is 1. The summed E-state index contributed by atoms with van der Waals surface area (Å²) in [6.45, 7) is 2.07. The standard InChI is InChI=1S/C26H29ClN6O3/c1-5-18(25(35)21-14-29-33-10-6-9-28-26(21)33)12-19-15-32(16-23(34)31(2)3)30-24(19)20-11-17(13-27)7-8-22(20)36-4/h6-11,14-15,18H,5,12-13,16H2,1-4H3. The number of carbonyl (C=O) groups excluding carboxylic acids is 2. The molecule has 1 amide bonds. The molecule has 4 aromatic rings. The highest BCUT2D eigenvalue weighted by Gasteiger charge is 2.26. The minimum atomic E-state index is -0.330. The summed E-state index contributed by atoms with van der Waals surface area (Å²) >= 11 is 6.11. The quantitative estimate of drug-likeness (QED) is 0.238. The maximum atomic E-state index is 13.6. The van der Waals surface area contributed by atoms with Crippen LogP contribution in [0.2, 0.25) is 0 Å². The van der Waals surface area contributed by atoms with Crippen LogP contribution in [-0.4, -0.2) is 62.2 Å². The summed E-state index contributed by atoms with van der Waals surface area (Å²) in [5.41, 5.74) is 4.20. The molecule has 0 spiro atoms. The van der Waals surface area contributed by atoms with Gasteiger partial charge in [0.25, 0.3) is 0 Å². The Labute approximate surface area is 214 Å². The number of fused-ring (bicyclic) bond motifs is 1. The lowest BCUT2D eigenvalue weighted by molar-refractivity contribution is -0.129. The average molecular weight is 509 g/mol. The van der Waals surface area contributed by atoms with Gasteiger partial charge in [-0.1, -0.05) is 13.0 Å². The van der Waals surface area contributed by atoms with E-state index < -0.39 is 0 Å². The molecule has 1 aromatic carbocycles. The Hall–Kier alpha value is -3.72. The fourth-order valence-corrected chi connectivity index (χ4v) is 4.30. The third-order valence-corrected chi connectivity index (χ3v) is 6.49. The van der Waals surface area contributed by atoms with E-state index >= 15 is 0 Å². The van der Waals surface area contributed by atoms with Gasteiger partial charge in [-0.3, -0.25) is 14.3 Å². The zero-order chi connectivity index (χ0) is 25.8. The number of aromatic nitrogens is 5. The molecule has 36 heavy (non-hydrogen) atoms. The minimum Gasteiger partial charge on any atom is -0.496 e. The molecular formula is C26H29ClN6O3. The number of alkyl halides is 1. The third-order valence-electron chi connectivity index (χ3n) is 6.18. The summed E-state index contributed by atoms with van der Waals surface area (Å²) in [5.74, 6) is 0.529. The van der Waals surface area contributed by atoms with E-state index in [2.05, 4.69) is 10.1 Å². The van der Waals surface area contributed by atoms with Gasteiger partial charge in [0.1, 0.15) is 12.3 Å². The number of nitrogens with zero attached hydrogens (tertiary/aromatic N) is 6. The number of carbonyl (C=O) groups is 2. The predicted molar refractivity (Wildman–Crippen MR) is 137 cm³/mol. The zero-order valence-corrected chi connectivity index (χ0v) is 21.6. The smallest absolute Gasteiger partial charge is 0.243 e. The van der Waals surface area contributed by atoms with Crippen molar-refractivity contribution in [3.63, 3.8) is 0 Å². The van der Waals surface area contributed by atoms with Crippen molar-refractivity contribution in [1.82, 2.24) is 29.3 Å². The van der Waals surface area contributed by atoms with Crippen LogP contribution in [0.3, 0.4) is 0 Å². The largest absolute Gasteiger partial charge is 0.496 e.